The summed E-state index contributed by atoms with van der Waals surface area (Å²) in [6.45, 7) is 2.13. The van der Waals surface area contributed by atoms with Gasteiger partial charge in [-0.05, 0) is 31.2 Å². The third kappa shape index (κ3) is 2.67. The largest absolute Gasteiger partial charge is 0.381 e. The maximum Gasteiger partial charge on any atom is 0.248 e. The van der Waals surface area contributed by atoms with Crippen LogP contribution in [-0.4, -0.2) is 18.5 Å². The second-order valence-electron chi connectivity index (χ2n) is 5.03. The van der Waals surface area contributed by atoms with Gasteiger partial charge in [0.1, 0.15) is 11.9 Å². The molecule has 0 aliphatic carbocycles. The second-order valence-corrected chi connectivity index (χ2v) is 5.03. The summed E-state index contributed by atoms with van der Waals surface area (Å²) in [5.41, 5.74) is 2.80. The van der Waals surface area contributed by atoms with Crippen LogP contribution in [-0.2, 0) is 4.79 Å². The maximum absolute atomic E-state index is 13.5. The standard InChI is InChI=1S/C16H16FN3O/c1-10-11(17)5-4-8-12(10)20-16(21)15-9-18-13-6-2-3-7-14(13)19-15/h2-8,15,18-19H,9H2,1H3,(H,20,21). The molecule has 1 atom stereocenters. The van der Waals surface area contributed by atoms with E-state index in [2.05, 4.69) is 16.0 Å². The van der Waals surface area contributed by atoms with Crippen LogP contribution in [0.25, 0.3) is 0 Å². The Morgan fingerprint density at radius 2 is 1.95 bits per heavy atom. The van der Waals surface area contributed by atoms with Crippen molar-refractivity contribution in [3.63, 3.8) is 0 Å². The molecule has 1 heterocycles. The van der Waals surface area contributed by atoms with Crippen molar-refractivity contribution in [2.75, 3.05) is 22.5 Å². The van der Waals surface area contributed by atoms with Crippen molar-refractivity contribution in [3.8, 4) is 0 Å². The second kappa shape index (κ2) is 5.44. The number of carbonyl (C=O) groups excluding carboxylic acids is 1. The summed E-state index contributed by atoms with van der Waals surface area (Å²) in [5.74, 6) is -0.515. The van der Waals surface area contributed by atoms with E-state index in [1.807, 2.05) is 24.3 Å². The van der Waals surface area contributed by atoms with E-state index in [1.54, 1.807) is 19.1 Å². The number of hydrogen-bond donors (Lipinski definition) is 3. The van der Waals surface area contributed by atoms with Crippen LogP contribution in [0.4, 0.5) is 21.5 Å². The number of rotatable bonds is 2. The summed E-state index contributed by atoms with van der Waals surface area (Å²) in [6.07, 6.45) is 0. The van der Waals surface area contributed by atoms with Crippen molar-refractivity contribution in [2.24, 2.45) is 0 Å². The Morgan fingerprint density at radius 1 is 1.19 bits per heavy atom. The smallest absolute Gasteiger partial charge is 0.248 e. The average Bonchev–Trinajstić information content (AvgIpc) is 2.51. The quantitative estimate of drug-likeness (QED) is 0.795. The minimum Gasteiger partial charge on any atom is -0.381 e. The number of carbonyl (C=O) groups is 1. The van der Waals surface area contributed by atoms with Crippen molar-refractivity contribution in [2.45, 2.75) is 13.0 Å². The molecule has 0 saturated heterocycles. The number of fused-ring (bicyclic) bond motifs is 1. The third-order valence-electron chi connectivity index (χ3n) is 3.60. The van der Waals surface area contributed by atoms with E-state index in [0.717, 1.165) is 11.4 Å². The van der Waals surface area contributed by atoms with Crippen molar-refractivity contribution in [1.82, 2.24) is 0 Å². The summed E-state index contributed by atoms with van der Waals surface area (Å²) in [6, 6.07) is 12.0. The molecule has 1 aliphatic rings. The van der Waals surface area contributed by atoms with E-state index in [1.165, 1.54) is 6.07 Å². The Bertz CT molecular complexity index is 687. The van der Waals surface area contributed by atoms with Crippen LogP contribution in [0, 0.1) is 12.7 Å². The molecular formula is C16H16FN3O. The molecular weight excluding hydrogens is 269 g/mol. The van der Waals surface area contributed by atoms with Gasteiger partial charge in [0.05, 0.1) is 11.4 Å². The fraction of sp³-hybridized carbons (Fsp3) is 0.188. The molecule has 3 rings (SSSR count). The van der Waals surface area contributed by atoms with Crippen LogP contribution in [0.2, 0.25) is 0 Å². The maximum atomic E-state index is 13.5. The molecule has 1 unspecified atom stereocenters. The first-order chi connectivity index (χ1) is 10.1. The highest BCUT2D eigenvalue weighted by Crippen LogP contribution is 2.26. The van der Waals surface area contributed by atoms with Crippen LogP contribution in [0.3, 0.4) is 0 Å². The molecule has 1 amide bonds. The Morgan fingerprint density at radius 3 is 2.76 bits per heavy atom. The van der Waals surface area contributed by atoms with Crippen molar-refractivity contribution >= 4 is 23.0 Å². The van der Waals surface area contributed by atoms with Crippen molar-refractivity contribution in [1.29, 1.82) is 0 Å². The third-order valence-corrected chi connectivity index (χ3v) is 3.60. The number of hydrogen-bond acceptors (Lipinski definition) is 3. The molecule has 0 bridgehead atoms. The van der Waals surface area contributed by atoms with Crippen LogP contribution < -0.4 is 16.0 Å². The lowest BCUT2D eigenvalue weighted by Gasteiger charge is -2.27. The predicted molar refractivity (Wildman–Crippen MR) is 82.1 cm³/mol. The van der Waals surface area contributed by atoms with Crippen LogP contribution >= 0.6 is 0 Å². The molecule has 5 heteroatoms. The van der Waals surface area contributed by atoms with Gasteiger partial charge in [0.25, 0.3) is 0 Å². The zero-order chi connectivity index (χ0) is 14.8. The van der Waals surface area contributed by atoms with Gasteiger partial charge in [0.2, 0.25) is 5.91 Å². The minimum absolute atomic E-state index is 0.189. The highest BCUT2D eigenvalue weighted by molar-refractivity contribution is 5.98. The van der Waals surface area contributed by atoms with E-state index in [-0.39, 0.29) is 11.7 Å². The SMILES string of the molecule is Cc1c(F)cccc1NC(=O)C1CNc2ccccc2N1. The average molecular weight is 285 g/mol. The number of nitrogens with one attached hydrogen (secondary N) is 3. The van der Waals surface area contributed by atoms with E-state index in [9.17, 15) is 9.18 Å². The first kappa shape index (κ1) is 13.4. The van der Waals surface area contributed by atoms with Crippen LogP contribution in [0.15, 0.2) is 42.5 Å². The molecule has 2 aromatic rings. The zero-order valence-electron chi connectivity index (χ0n) is 11.6. The summed E-state index contributed by atoms with van der Waals surface area (Å²) >= 11 is 0. The lowest BCUT2D eigenvalue weighted by Crippen LogP contribution is -2.43. The summed E-state index contributed by atoms with van der Waals surface area (Å²) < 4.78 is 13.5. The van der Waals surface area contributed by atoms with Gasteiger partial charge < -0.3 is 16.0 Å². The van der Waals surface area contributed by atoms with Gasteiger partial charge in [-0.1, -0.05) is 18.2 Å². The lowest BCUT2D eigenvalue weighted by atomic mass is 10.1. The number of amides is 1. The van der Waals surface area contributed by atoms with E-state index in [0.29, 0.717) is 17.8 Å². The fourth-order valence-electron chi connectivity index (χ4n) is 2.33. The van der Waals surface area contributed by atoms with Crippen LogP contribution in [0.5, 0.6) is 0 Å². The molecule has 0 fully saturated rings. The van der Waals surface area contributed by atoms with E-state index >= 15 is 0 Å². The lowest BCUT2D eigenvalue weighted by molar-refractivity contribution is -0.116. The van der Waals surface area contributed by atoms with Gasteiger partial charge in [0, 0.05) is 17.8 Å². The summed E-state index contributed by atoms with van der Waals surface area (Å²) in [5, 5.41) is 9.16. The number of halogens is 1. The Hall–Kier alpha value is -2.56. The highest BCUT2D eigenvalue weighted by atomic mass is 19.1. The Labute approximate surface area is 122 Å². The molecule has 0 spiro atoms. The Balaban J connectivity index is 1.74. The van der Waals surface area contributed by atoms with Gasteiger partial charge in [-0.2, -0.15) is 0 Å². The van der Waals surface area contributed by atoms with Gasteiger partial charge in [-0.3, -0.25) is 4.79 Å². The van der Waals surface area contributed by atoms with Gasteiger partial charge >= 0.3 is 0 Å². The minimum atomic E-state index is -0.400. The molecule has 21 heavy (non-hydrogen) atoms. The molecule has 108 valence electrons. The first-order valence-electron chi connectivity index (χ1n) is 6.80. The molecule has 3 N–H and O–H groups in total. The monoisotopic (exact) mass is 285 g/mol. The van der Waals surface area contributed by atoms with Crippen LogP contribution in [0.1, 0.15) is 5.56 Å². The first-order valence-corrected chi connectivity index (χ1v) is 6.80. The molecule has 0 radical (unpaired) electrons. The number of anilines is 3. The van der Waals surface area contributed by atoms with E-state index < -0.39 is 6.04 Å². The summed E-state index contributed by atoms with van der Waals surface area (Å²) in [4.78, 5) is 12.3. The topological polar surface area (TPSA) is 53.2 Å². The fourth-order valence-corrected chi connectivity index (χ4v) is 2.33. The molecule has 0 aromatic heterocycles. The zero-order valence-corrected chi connectivity index (χ0v) is 11.6. The molecule has 2 aromatic carbocycles. The normalized spacial score (nSPS) is 16.4. The highest BCUT2D eigenvalue weighted by Gasteiger charge is 2.23. The van der Waals surface area contributed by atoms with E-state index in [4.69, 9.17) is 0 Å². The van der Waals surface area contributed by atoms with Gasteiger partial charge in [-0.15, -0.1) is 0 Å². The molecule has 4 nitrogen and oxygen atoms in total. The number of benzene rings is 2. The molecule has 1 aliphatic heterocycles. The predicted octanol–water partition coefficient (Wildman–Crippen LogP) is 2.98. The summed E-state index contributed by atoms with van der Waals surface area (Å²) in [7, 11) is 0. The van der Waals surface area contributed by atoms with Gasteiger partial charge in [-0.25, -0.2) is 4.39 Å². The Kier molecular flexibility index (Phi) is 3.48. The molecule has 0 saturated carbocycles. The van der Waals surface area contributed by atoms with Crippen molar-refractivity contribution in [3.05, 3.63) is 53.8 Å². The van der Waals surface area contributed by atoms with Crippen molar-refractivity contribution < 1.29 is 9.18 Å². The number of para-hydroxylation sites is 2. The van der Waals surface area contributed by atoms with Gasteiger partial charge in [0.15, 0.2) is 0 Å².